The fourth-order valence-electron chi connectivity index (χ4n) is 4.01. The number of unbranched alkanes of at least 4 members (excludes halogenated alkanes) is 15. The van der Waals surface area contributed by atoms with Crippen molar-refractivity contribution in [2.45, 2.75) is 122 Å². The Kier molecular flexibility index (Phi) is 21.4. The van der Waals surface area contributed by atoms with Crippen LogP contribution in [0.4, 0.5) is 0 Å². The maximum atomic E-state index is 12.4. The molecule has 0 aliphatic rings. The zero-order valence-corrected chi connectivity index (χ0v) is 26.0. The third-order valence-electron chi connectivity index (χ3n) is 6.28. The molecule has 0 N–H and O–H groups in total. The summed E-state index contributed by atoms with van der Waals surface area (Å²) in [6, 6.07) is 5.82. The van der Waals surface area contributed by atoms with Gasteiger partial charge in [-0.25, -0.2) is 18.0 Å². The summed E-state index contributed by atoms with van der Waals surface area (Å²) in [7, 11) is -4.79. The average molecular weight is 549 g/mol. The molecule has 37 heavy (non-hydrogen) atoms. The SMILES string of the molecule is CCCCCCCCCCCCCCCCCCOC(=O)c1ccccc1C(=O)OC(C)S(=O)(=O)[O-].[Na+]. The van der Waals surface area contributed by atoms with Crippen molar-refractivity contribution in [3.05, 3.63) is 35.4 Å². The molecule has 0 aliphatic heterocycles. The summed E-state index contributed by atoms with van der Waals surface area (Å²) >= 11 is 0. The van der Waals surface area contributed by atoms with E-state index in [1.54, 1.807) is 6.07 Å². The second-order valence-corrected chi connectivity index (χ2v) is 11.1. The van der Waals surface area contributed by atoms with E-state index in [1.807, 2.05) is 0 Å². The number of rotatable bonds is 21. The van der Waals surface area contributed by atoms with E-state index in [1.165, 1.54) is 102 Å². The maximum Gasteiger partial charge on any atom is 1.00 e. The van der Waals surface area contributed by atoms with E-state index < -0.39 is 27.5 Å². The summed E-state index contributed by atoms with van der Waals surface area (Å²) in [6.07, 6.45) is 20.1. The van der Waals surface area contributed by atoms with Crippen LogP contribution in [0.2, 0.25) is 0 Å². The number of hydrogen-bond donors (Lipinski definition) is 0. The molecule has 0 aromatic heterocycles. The van der Waals surface area contributed by atoms with Crippen LogP contribution >= 0.6 is 0 Å². The molecular weight excluding hydrogens is 503 g/mol. The molecule has 7 nitrogen and oxygen atoms in total. The Hall–Kier alpha value is -0.930. The number of carbonyl (C=O) groups excluding carboxylic acids is 2. The van der Waals surface area contributed by atoms with Crippen molar-refractivity contribution in [3.8, 4) is 0 Å². The molecule has 0 amide bonds. The van der Waals surface area contributed by atoms with Crippen molar-refractivity contribution < 1.29 is 61.6 Å². The first-order valence-electron chi connectivity index (χ1n) is 13.7. The summed E-state index contributed by atoms with van der Waals surface area (Å²) in [5.74, 6) is -1.74. The minimum atomic E-state index is -4.79. The number of ether oxygens (including phenoxy) is 2. The Balaban J connectivity index is 0.0000130. The van der Waals surface area contributed by atoms with Crippen LogP contribution in [0.1, 0.15) is 137 Å². The summed E-state index contributed by atoms with van der Waals surface area (Å²) in [4.78, 5) is 24.6. The van der Waals surface area contributed by atoms with Crippen LogP contribution in [0.5, 0.6) is 0 Å². The smallest absolute Gasteiger partial charge is 0.745 e. The van der Waals surface area contributed by atoms with Gasteiger partial charge in [0.15, 0.2) is 5.44 Å². The van der Waals surface area contributed by atoms with E-state index >= 15 is 0 Å². The Bertz CT molecular complexity index is 858. The molecule has 1 aromatic rings. The van der Waals surface area contributed by atoms with Gasteiger partial charge < -0.3 is 14.0 Å². The first kappa shape index (κ1) is 36.1. The van der Waals surface area contributed by atoms with Crippen LogP contribution < -0.4 is 29.6 Å². The van der Waals surface area contributed by atoms with Gasteiger partial charge in [0.05, 0.1) is 17.7 Å². The molecule has 0 saturated heterocycles. The molecule has 0 aliphatic carbocycles. The van der Waals surface area contributed by atoms with Gasteiger partial charge in [-0.15, -0.1) is 0 Å². The van der Waals surface area contributed by atoms with Crippen molar-refractivity contribution in [2.75, 3.05) is 6.61 Å². The van der Waals surface area contributed by atoms with Gasteiger partial charge in [0.25, 0.3) is 0 Å². The van der Waals surface area contributed by atoms with Crippen LogP contribution in [0.25, 0.3) is 0 Å². The molecule has 0 saturated carbocycles. The molecule has 1 aromatic carbocycles. The zero-order chi connectivity index (χ0) is 26.7. The molecule has 1 rings (SSSR count). The third kappa shape index (κ3) is 17.3. The average Bonchev–Trinajstić information content (AvgIpc) is 2.85. The molecule has 206 valence electrons. The first-order valence-corrected chi connectivity index (χ1v) is 15.2. The zero-order valence-electron chi connectivity index (χ0n) is 23.2. The summed E-state index contributed by atoms with van der Waals surface area (Å²) in [5, 5.41) is 0. The summed E-state index contributed by atoms with van der Waals surface area (Å²) < 4.78 is 42.9. The molecule has 1 atom stereocenters. The predicted octanol–water partition coefficient (Wildman–Crippen LogP) is 4.16. The van der Waals surface area contributed by atoms with Gasteiger partial charge in [-0.05, 0) is 25.5 Å². The van der Waals surface area contributed by atoms with Gasteiger partial charge in [0, 0.05) is 0 Å². The molecule has 0 heterocycles. The molecule has 0 fully saturated rings. The van der Waals surface area contributed by atoms with Gasteiger partial charge >= 0.3 is 41.5 Å². The molecule has 9 heteroatoms. The van der Waals surface area contributed by atoms with E-state index in [4.69, 9.17) is 4.74 Å². The quantitative estimate of drug-likeness (QED) is 0.0982. The number of hydrogen-bond acceptors (Lipinski definition) is 7. The molecule has 0 radical (unpaired) electrons. The normalized spacial score (nSPS) is 12.0. The number of carbonyl (C=O) groups is 2. The van der Waals surface area contributed by atoms with Crippen molar-refractivity contribution in [2.24, 2.45) is 0 Å². The van der Waals surface area contributed by atoms with E-state index in [2.05, 4.69) is 11.7 Å². The van der Waals surface area contributed by atoms with Crippen LogP contribution in [0, 0.1) is 0 Å². The van der Waals surface area contributed by atoms with Gasteiger partial charge in [-0.2, -0.15) is 0 Å². The van der Waals surface area contributed by atoms with Crippen LogP contribution in [0.15, 0.2) is 24.3 Å². The fraction of sp³-hybridized carbons (Fsp3) is 0.714. The van der Waals surface area contributed by atoms with Gasteiger partial charge in [0.2, 0.25) is 0 Å². The minimum absolute atomic E-state index is 0. The topological polar surface area (TPSA) is 110 Å². The maximum absolute atomic E-state index is 12.4. The van der Waals surface area contributed by atoms with Gasteiger partial charge in [-0.3, -0.25) is 0 Å². The monoisotopic (exact) mass is 548 g/mol. The molecular formula is C28H45NaO7S. The second kappa shape index (κ2) is 21.9. The second-order valence-electron chi connectivity index (χ2n) is 9.45. The Morgan fingerprint density at radius 2 is 1.11 bits per heavy atom. The van der Waals surface area contributed by atoms with Crippen molar-refractivity contribution >= 4 is 22.1 Å². The van der Waals surface area contributed by atoms with Crippen molar-refractivity contribution in [3.63, 3.8) is 0 Å². The van der Waals surface area contributed by atoms with Gasteiger partial charge in [-0.1, -0.05) is 115 Å². The van der Waals surface area contributed by atoms with Crippen LogP contribution in [-0.4, -0.2) is 37.0 Å². The molecule has 0 bridgehead atoms. The Labute approximate surface area is 246 Å². The van der Waals surface area contributed by atoms with E-state index in [0.29, 0.717) is 0 Å². The standard InChI is InChI=1S/C28H46O7S.Na/c1-3-4-5-6-7-8-9-10-11-12-13-14-15-16-17-20-23-34-27(29)25-21-18-19-22-26(25)28(30)35-24(2)36(31,32)33;/h18-19,21-22,24H,3-17,20,23H2,1-2H3,(H,31,32,33);/q;+1/p-1. The minimum Gasteiger partial charge on any atom is -0.745 e. The van der Waals surface area contributed by atoms with Crippen LogP contribution in [0.3, 0.4) is 0 Å². The molecule has 1 unspecified atom stereocenters. The van der Waals surface area contributed by atoms with E-state index in [9.17, 15) is 22.6 Å². The Morgan fingerprint density at radius 3 is 1.51 bits per heavy atom. The molecule has 0 spiro atoms. The number of esters is 2. The first-order chi connectivity index (χ1) is 17.3. The Morgan fingerprint density at radius 1 is 0.730 bits per heavy atom. The van der Waals surface area contributed by atoms with E-state index in [-0.39, 0.29) is 47.3 Å². The largest absolute Gasteiger partial charge is 1.00 e. The summed E-state index contributed by atoms with van der Waals surface area (Å²) in [6.45, 7) is 3.47. The fourth-order valence-corrected chi connectivity index (χ4v) is 4.21. The van der Waals surface area contributed by atoms with Crippen molar-refractivity contribution in [1.29, 1.82) is 0 Å². The van der Waals surface area contributed by atoms with E-state index in [0.717, 1.165) is 26.2 Å². The predicted molar refractivity (Wildman–Crippen MR) is 141 cm³/mol. The third-order valence-corrected chi connectivity index (χ3v) is 7.19. The van der Waals surface area contributed by atoms with Gasteiger partial charge in [0.1, 0.15) is 10.1 Å². The summed E-state index contributed by atoms with van der Waals surface area (Å²) in [5.41, 5.74) is -2.00. The van der Waals surface area contributed by atoms with Crippen LogP contribution in [-0.2, 0) is 19.6 Å². The van der Waals surface area contributed by atoms with Crippen molar-refractivity contribution in [1.82, 2.24) is 0 Å². The number of benzene rings is 1.